The lowest BCUT2D eigenvalue weighted by molar-refractivity contribution is 0.201. The number of hydrogen-bond acceptors (Lipinski definition) is 0. The minimum absolute atomic E-state index is 0.0384. The van der Waals surface area contributed by atoms with Gasteiger partial charge in [0.1, 0.15) is 11.6 Å². The molecule has 0 heterocycles. The molecule has 154 valence electrons. The minimum atomic E-state index is -1.10. The largest absolute Gasteiger partial charge is 0.206 e. The molecule has 0 amide bonds. The van der Waals surface area contributed by atoms with Crippen LogP contribution in [0.4, 0.5) is 17.6 Å². The number of fused-ring (bicyclic) bond motifs is 3. The van der Waals surface area contributed by atoms with Crippen molar-refractivity contribution in [1.29, 1.82) is 0 Å². The van der Waals surface area contributed by atoms with Crippen molar-refractivity contribution in [3.05, 3.63) is 70.8 Å². The molecule has 2 aromatic rings. The topological polar surface area (TPSA) is 0 Å². The van der Waals surface area contributed by atoms with Crippen LogP contribution in [0.3, 0.4) is 0 Å². The van der Waals surface area contributed by atoms with Gasteiger partial charge in [0.15, 0.2) is 11.6 Å². The van der Waals surface area contributed by atoms with Gasteiger partial charge in [0, 0.05) is 0 Å². The molecule has 4 heteroatoms. The van der Waals surface area contributed by atoms with Gasteiger partial charge in [0.25, 0.3) is 0 Å². The Labute approximate surface area is 169 Å². The van der Waals surface area contributed by atoms with Crippen molar-refractivity contribution in [2.45, 2.75) is 57.8 Å². The van der Waals surface area contributed by atoms with Gasteiger partial charge in [-0.2, -0.15) is 0 Å². The van der Waals surface area contributed by atoms with E-state index in [2.05, 4.69) is 12.2 Å². The molecule has 0 radical (unpaired) electrons. The van der Waals surface area contributed by atoms with E-state index in [-0.39, 0.29) is 17.0 Å². The normalized spacial score (nSPS) is 23.8. The lowest BCUT2D eigenvalue weighted by atomic mass is 9.64. The molecule has 0 bridgehead atoms. The highest BCUT2D eigenvalue weighted by molar-refractivity contribution is 5.67. The fourth-order valence-corrected chi connectivity index (χ4v) is 5.36. The summed E-state index contributed by atoms with van der Waals surface area (Å²) in [7, 11) is 0. The van der Waals surface area contributed by atoms with Crippen LogP contribution in [0, 0.1) is 35.1 Å². The third-order valence-electron chi connectivity index (χ3n) is 6.80. The van der Waals surface area contributed by atoms with E-state index in [0.29, 0.717) is 23.8 Å². The first kappa shape index (κ1) is 20.2. The SMILES string of the molecule is C/C=C/CC[C@@H]1CC[C@@H]2c3cc(F)c(-c4ccc(F)c(F)c4)c(F)c3CC[C@@H]2C1. The fourth-order valence-electron chi connectivity index (χ4n) is 5.36. The van der Waals surface area contributed by atoms with Gasteiger partial charge in [-0.1, -0.05) is 18.2 Å². The zero-order valence-electron chi connectivity index (χ0n) is 16.7. The van der Waals surface area contributed by atoms with Gasteiger partial charge >= 0.3 is 0 Å². The summed E-state index contributed by atoms with van der Waals surface area (Å²) in [6.07, 6.45) is 11.2. The second kappa shape index (κ2) is 8.33. The Morgan fingerprint density at radius 2 is 1.79 bits per heavy atom. The van der Waals surface area contributed by atoms with E-state index in [1.165, 1.54) is 18.6 Å². The molecule has 2 aromatic carbocycles. The zero-order valence-corrected chi connectivity index (χ0v) is 16.7. The first-order valence-electron chi connectivity index (χ1n) is 10.6. The number of halogens is 4. The molecule has 1 fully saturated rings. The molecule has 0 N–H and O–H groups in total. The fraction of sp³-hybridized carbons (Fsp3) is 0.440. The van der Waals surface area contributed by atoms with Crippen LogP contribution in [-0.2, 0) is 6.42 Å². The summed E-state index contributed by atoms with van der Waals surface area (Å²) >= 11 is 0. The number of allylic oxidation sites excluding steroid dienone is 2. The Morgan fingerprint density at radius 1 is 0.966 bits per heavy atom. The standard InChI is InChI=1S/C25H26F4/c1-2-3-4-5-15-6-9-18-16(12-15)7-10-19-20(18)14-23(28)24(25(19)29)17-8-11-21(26)22(27)13-17/h2-3,8,11,13-16,18H,4-7,9-10,12H2,1H3/b3-2+/t15-,16-,18+/m1/s1. The molecule has 0 unspecified atom stereocenters. The van der Waals surface area contributed by atoms with Crippen molar-refractivity contribution in [1.82, 2.24) is 0 Å². The second-order valence-corrected chi connectivity index (χ2v) is 8.47. The van der Waals surface area contributed by atoms with Gasteiger partial charge in [-0.3, -0.25) is 0 Å². The summed E-state index contributed by atoms with van der Waals surface area (Å²) in [5, 5.41) is 0. The van der Waals surface area contributed by atoms with Crippen molar-refractivity contribution >= 4 is 0 Å². The third-order valence-corrected chi connectivity index (χ3v) is 6.80. The predicted octanol–water partition coefficient (Wildman–Crippen LogP) is 7.71. The molecule has 0 aliphatic heterocycles. The number of benzene rings is 2. The molecule has 0 nitrogen and oxygen atoms in total. The van der Waals surface area contributed by atoms with Crippen molar-refractivity contribution < 1.29 is 17.6 Å². The molecule has 2 aliphatic carbocycles. The molecule has 0 spiro atoms. The second-order valence-electron chi connectivity index (χ2n) is 8.47. The average molecular weight is 402 g/mol. The van der Waals surface area contributed by atoms with Gasteiger partial charge < -0.3 is 0 Å². The van der Waals surface area contributed by atoms with E-state index in [9.17, 15) is 13.2 Å². The highest BCUT2D eigenvalue weighted by Crippen LogP contribution is 2.49. The van der Waals surface area contributed by atoms with Gasteiger partial charge in [-0.15, -0.1) is 0 Å². The predicted molar refractivity (Wildman–Crippen MR) is 108 cm³/mol. The van der Waals surface area contributed by atoms with Crippen LogP contribution in [0.25, 0.3) is 11.1 Å². The number of rotatable bonds is 4. The van der Waals surface area contributed by atoms with Crippen LogP contribution in [0.15, 0.2) is 36.4 Å². The van der Waals surface area contributed by atoms with E-state index in [0.717, 1.165) is 49.8 Å². The molecule has 4 rings (SSSR count). The molecule has 0 saturated heterocycles. The average Bonchev–Trinajstić information content (AvgIpc) is 2.70. The highest BCUT2D eigenvalue weighted by Gasteiger charge is 2.37. The lowest BCUT2D eigenvalue weighted by Crippen LogP contribution is -2.29. The van der Waals surface area contributed by atoms with Crippen LogP contribution < -0.4 is 0 Å². The maximum absolute atomic E-state index is 15.3. The molecule has 1 saturated carbocycles. The van der Waals surface area contributed by atoms with Crippen LogP contribution in [0.2, 0.25) is 0 Å². The van der Waals surface area contributed by atoms with E-state index in [4.69, 9.17) is 0 Å². The first-order valence-corrected chi connectivity index (χ1v) is 10.6. The van der Waals surface area contributed by atoms with Gasteiger partial charge in [0.2, 0.25) is 0 Å². The summed E-state index contributed by atoms with van der Waals surface area (Å²) < 4.78 is 57.1. The number of hydrogen-bond donors (Lipinski definition) is 0. The Hall–Kier alpha value is -2.10. The van der Waals surface area contributed by atoms with Crippen LogP contribution in [0.5, 0.6) is 0 Å². The first-order chi connectivity index (χ1) is 14.0. The molecule has 29 heavy (non-hydrogen) atoms. The maximum Gasteiger partial charge on any atom is 0.159 e. The summed E-state index contributed by atoms with van der Waals surface area (Å²) in [6, 6.07) is 4.46. The Morgan fingerprint density at radius 3 is 2.55 bits per heavy atom. The minimum Gasteiger partial charge on any atom is -0.206 e. The van der Waals surface area contributed by atoms with E-state index in [1.807, 2.05) is 6.92 Å². The van der Waals surface area contributed by atoms with Gasteiger partial charge in [0.05, 0.1) is 5.56 Å². The lowest BCUT2D eigenvalue weighted by Gasteiger charge is -2.41. The molecule has 3 atom stereocenters. The Bertz CT molecular complexity index is 931. The molecular weight excluding hydrogens is 376 g/mol. The summed E-state index contributed by atoms with van der Waals surface area (Å²) in [5.41, 5.74) is 1.13. The van der Waals surface area contributed by atoms with Crippen LogP contribution in [0.1, 0.15) is 62.5 Å². The molecule has 2 aliphatic rings. The zero-order chi connectivity index (χ0) is 20.5. The van der Waals surface area contributed by atoms with Crippen LogP contribution >= 0.6 is 0 Å². The monoisotopic (exact) mass is 402 g/mol. The van der Waals surface area contributed by atoms with E-state index >= 15 is 4.39 Å². The van der Waals surface area contributed by atoms with E-state index < -0.39 is 23.3 Å². The van der Waals surface area contributed by atoms with Crippen LogP contribution in [-0.4, -0.2) is 0 Å². The Kier molecular flexibility index (Phi) is 5.80. The molecular formula is C25H26F4. The highest BCUT2D eigenvalue weighted by atomic mass is 19.2. The van der Waals surface area contributed by atoms with Crippen molar-refractivity contribution in [2.24, 2.45) is 11.8 Å². The quantitative estimate of drug-likeness (QED) is 0.363. The smallest absolute Gasteiger partial charge is 0.159 e. The van der Waals surface area contributed by atoms with Crippen molar-refractivity contribution in [2.75, 3.05) is 0 Å². The van der Waals surface area contributed by atoms with Crippen molar-refractivity contribution in [3.63, 3.8) is 0 Å². The van der Waals surface area contributed by atoms with Gasteiger partial charge in [-0.25, -0.2) is 17.6 Å². The maximum atomic E-state index is 15.3. The summed E-state index contributed by atoms with van der Waals surface area (Å²) in [5.74, 6) is -2.08. The third kappa shape index (κ3) is 3.86. The summed E-state index contributed by atoms with van der Waals surface area (Å²) in [4.78, 5) is 0. The summed E-state index contributed by atoms with van der Waals surface area (Å²) in [6.45, 7) is 2.03. The van der Waals surface area contributed by atoms with Gasteiger partial charge in [-0.05, 0) is 105 Å². The molecule has 0 aromatic heterocycles. The van der Waals surface area contributed by atoms with Crippen molar-refractivity contribution in [3.8, 4) is 11.1 Å². The Balaban J connectivity index is 1.63. The van der Waals surface area contributed by atoms with E-state index in [1.54, 1.807) is 0 Å².